The number of hydrogen-bond acceptors (Lipinski definition) is 7. The van der Waals surface area contributed by atoms with Crippen LogP contribution in [0, 0.1) is 20.8 Å². The van der Waals surface area contributed by atoms with Gasteiger partial charge in [-0.1, -0.05) is 104 Å². The summed E-state index contributed by atoms with van der Waals surface area (Å²) in [5.41, 5.74) is 3.98. The van der Waals surface area contributed by atoms with Crippen molar-refractivity contribution in [3.63, 3.8) is 0 Å². The second-order valence-electron chi connectivity index (χ2n) is 14.9. The van der Waals surface area contributed by atoms with Gasteiger partial charge in [0.2, 0.25) is 0 Å². The number of furan rings is 2. The Morgan fingerprint density at radius 2 is 1.06 bits per heavy atom. The number of aryl methyl sites for hydroxylation is 5. The van der Waals surface area contributed by atoms with Gasteiger partial charge in [-0.05, 0) is 82.1 Å². The lowest BCUT2D eigenvalue weighted by atomic mass is 10.0. The lowest BCUT2D eigenvalue weighted by molar-refractivity contribution is -0.161. The summed E-state index contributed by atoms with van der Waals surface area (Å²) < 4.78 is 22.8. The van der Waals surface area contributed by atoms with Gasteiger partial charge < -0.3 is 23.4 Å². The van der Waals surface area contributed by atoms with E-state index in [0.29, 0.717) is 12.8 Å². The zero-order valence-electron chi connectivity index (χ0n) is 33.4. The molecule has 292 valence electrons. The fraction of sp³-hybridized carbons (Fsp3) is 0.773. The zero-order valence-corrected chi connectivity index (χ0v) is 33.4. The second-order valence-corrected chi connectivity index (χ2v) is 14.9. The Kier molecular flexibility index (Phi) is 24.5. The average Bonchev–Trinajstić information content (AvgIpc) is 3.60. The topological polar surface area (TPSA) is 99.1 Å². The maximum absolute atomic E-state index is 12.3. The van der Waals surface area contributed by atoms with E-state index in [0.717, 1.165) is 82.1 Å². The normalized spacial score (nSPS) is 12.0. The first-order valence-electron chi connectivity index (χ1n) is 20.9. The van der Waals surface area contributed by atoms with Crippen LogP contribution in [0.5, 0.6) is 0 Å². The molecule has 0 unspecified atom stereocenters. The number of esters is 2. The summed E-state index contributed by atoms with van der Waals surface area (Å²) in [4.78, 5) is 24.4. The Hall–Kier alpha value is -2.54. The summed E-state index contributed by atoms with van der Waals surface area (Å²) in [6, 6.07) is 2.19. The predicted molar refractivity (Wildman–Crippen MR) is 207 cm³/mol. The number of carbonyl (C=O) groups excluding carboxylic acids is 2. The fourth-order valence-corrected chi connectivity index (χ4v) is 6.80. The van der Waals surface area contributed by atoms with Crippen molar-refractivity contribution >= 4 is 11.9 Å². The van der Waals surface area contributed by atoms with Gasteiger partial charge in [-0.25, -0.2) is 0 Å². The molecule has 0 radical (unpaired) electrons. The molecule has 2 heterocycles. The van der Waals surface area contributed by atoms with Crippen LogP contribution in [0.4, 0.5) is 0 Å². The van der Waals surface area contributed by atoms with Crippen LogP contribution in [0.25, 0.3) is 0 Å². The second kappa shape index (κ2) is 28.0. The minimum Gasteiger partial charge on any atom is -0.466 e. The SMILES string of the molecule is CCCCCc1oc(CCCCCCCCCCC(=O)O[C@@H](CO)COC(=O)CCCCCCCCCCc2oc(CCC)cc2C)c(C)c1C. The first kappa shape index (κ1) is 44.6. The predicted octanol–water partition coefficient (Wildman–Crippen LogP) is 11.7. The summed E-state index contributed by atoms with van der Waals surface area (Å²) in [5, 5.41) is 9.61. The summed E-state index contributed by atoms with van der Waals surface area (Å²) in [5.74, 6) is 4.03. The summed E-state index contributed by atoms with van der Waals surface area (Å²) in [7, 11) is 0. The smallest absolute Gasteiger partial charge is 0.306 e. The van der Waals surface area contributed by atoms with E-state index in [1.165, 1.54) is 112 Å². The van der Waals surface area contributed by atoms with Crippen LogP contribution in [0.3, 0.4) is 0 Å². The van der Waals surface area contributed by atoms with Crippen molar-refractivity contribution in [1.82, 2.24) is 0 Å². The molecular formula is C44H74O7. The first-order valence-corrected chi connectivity index (χ1v) is 20.9. The third-order valence-corrected chi connectivity index (χ3v) is 10.2. The number of carbonyl (C=O) groups is 2. The van der Waals surface area contributed by atoms with E-state index in [2.05, 4.69) is 40.7 Å². The van der Waals surface area contributed by atoms with Crippen LogP contribution in [-0.2, 0) is 44.7 Å². The van der Waals surface area contributed by atoms with E-state index in [-0.39, 0.29) is 25.2 Å². The Bertz CT molecular complexity index is 1190. The standard InChI is InChI=1S/C44H74O7/c1-6-8-21-28-41-36(4)37(5)42(51-41)29-23-18-14-10-12-16-20-25-31-44(47)50-39(33-45)34-48-43(46)30-24-19-15-11-9-13-17-22-27-40-35(3)32-38(49-40)26-7-2/h32,39,45H,6-31,33-34H2,1-5H3/t39-/m0/s1. The Morgan fingerprint density at radius 3 is 1.57 bits per heavy atom. The van der Waals surface area contributed by atoms with Gasteiger partial charge in [0.25, 0.3) is 0 Å². The molecule has 2 aromatic heterocycles. The molecule has 0 spiro atoms. The van der Waals surface area contributed by atoms with E-state index in [4.69, 9.17) is 18.3 Å². The summed E-state index contributed by atoms with van der Waals surface area (Å²) >= 11 is 0. The molecule has 0 aliphatic carbocycles. The van der Waals surface area contributed by atoms with Gasteiger partial charge in [0, 0.05) is 38.5 Å². The molecule has 1 N–H and O–H groups in total. The molecule has 2 rings (SSSR count). The minimum atomic E-state index is -0.793. The molecule has 0 aliphatic rings. The minimum absolute atomic E-state index is 0.0856. The van der Waals surface area contributed by atoms with Crippen molar-refractivity contribution in [1.29, 1.82) is 0 Å². The van der Waals surface area contributed by atoms with E-state index >= 15 is 0 Å². The Balaban J connectivity index is 1.39. The van der Waals surface area contributed by atoms with Crippen LogP contribution in [-0.4, -0.2) is 36.4 Å². The molecule has 0 saturated carbocycles. The zero-order chi connectivity index (χ0) is 37.1. The maximum atomic E-state index is 12.3. The molecule has 0 aliphatic heterocycles. The largest absolute Gasteiger partial charge is 0.466 e. The Labute approximate surface area is 311 Å². The van der Waals surface area contributed by atoms with Crippen molar-refractivity contribution in [2.75, 3.05) is 13.2 Å². The van der Waals surface area contributed by atoms with Crippen molar-refractivity contribution in [3.8, 4) is 0 Å². The van der Waals surface area contributed by atoms with Gasteiger partial charge in [-0.3, -0.25) is 9.59 Å². The van der Waals surface area contributed by atoms with Gasteiger partial charge in [0.1, 0.15) is 29.6 Å². The van der Waals surface area contributed by atoms with Gasteiger partial charge in [0.05, 0.1) is 6.61 Å². The number of hydrogen-bond donors (Lipinski definition) is 1. The number of unbranched alkanes of at least 4 members (excludes halogenated alkanes) is 16. The molecule has 2 aromatic rings. The highest BCUT2D eigenvalue weighted by Crippen LogP contribution is 2.25. The molecular weight excluding hydrogens is 640 g/mol. The van der Waals surface area contributed by atoms with Crippen LogP contribution < -0.4 is 0 Å². The highest BCUT2D eigenvalue weighted by Gasteiger charge is 2.16. The van der Waals surface area contributed by atoms with E-state index in [9.17, 15) is 14.7 Å². The number of aliphatic hydroxyl groups excluding tert-OH is 1. The molecule has 7 heteroatoms. The van der Waals surface area contributed by atoms with Crippen molar-refractivity contribution in [2.24, 2.45) is 0 Å². The highest BCUT2D eigenvalue weighted by atomic mass is 16.6. The molecule has 1 atom stereocenters. The van der Waals surface area contributed by atoms with Crippen molar-refractivity contribution < 1.29 is 33.0 Å². The third kappa shape index (κ3) is 19.8. The number of rotatable bonds is 32. The average molecular weight is 715 g/mol. The summed E-state index contributed by atoms with van der Waals surface area (Å²) in [6.07, 6.45) is 26.7. The molecule has 7 nitrogen and oxygen atoms in total. The monoisotopic (exact) mass is 715 g/mol. The van der Waals surface area contributed by atoms with Gasteiger partial charge in [-0.15, -0.1) is 0 Å². The van der Waals surface area contributed by atoms with Gasteiger partial charge >= 0.3 is 11.9 Å². The lowest BCUT2D eigenvalue weighted by Gasteiger charge is -2.15. The molecule has 0 bridgehead atoms. The highest BCUT2D eigenvalue weighted by molar-refractivity contribution is 5.70. The fourth-order valence-electron chi connectivity index (χ4n) is 6.80. The molecule has 0 saturated heterocycles. The lowest BCUT2D eigenvalue weighted by Crippen LogP contribution is -2.28. The van der Waals surface area contributed by atoms with E-state index < -0.39 is 6.10 Å². The number of ether oxygens (including phenoxy) is 2. The first-order chi connectivity index (χ1) is 24.8. The van der Waals surface area contributed by atoms with Crippen LogP contribution >= 0.6 is 0 Å². The van der Waals surface area contributed by atoms with Crippen LogP contribution in [0.15, 0.2) is 14.9 Å². The van der Waals surface area contributed by atoms with Crippen molar-refractivity contribution in [2.45, 2.75) is 208 Å². The number of aliphatic hydroxyl groups is 1. The molecule has 51 heavy (non-hydrogen) atoms. The Morgan fingerprint density at radius 1 is 0.588 bits per heavy atom. The van der Waals surface area contributed by atoms with E-state index in [1.807, 2.05) is 0 Å². The van der Waals surface area contributed by atoms with Gasteiger partial charge in [0.15, 0.2) is 6.10 Å². The molecule has 0 aromatic carbocycles. The van der Waals surface area contributed by atoms with Crippen molar-refractivity contribution in [3.05, 3.63) is 45.8 Å². The van der Waals surface area contributed by atoms with Crippen LogP contribution in [0.1, 0.15) is 195 Å². The maximum Gasteiger partial charge on any atom is 0.306 e. The molecule has 0 fully saturated rings. The molecule has 0 amide bonds. The third-order valence-electron chi connectivity index (χ3n) is 10.2. The van der Waals surface area contributed by atoms with E-state index in [1.54, 1.807) is 0 Å². The van der Waals surface area contributed by atoms with Crippen LogP contribution in [0.2, 0.25) is 0 Å². The summed E-state index contributed by atoms with van der Waals surface area (Å²) in [6.45, 7) is 10.5. The van der Waals surface area contributed by atoms with Gasteiger partial charge in [-0.2, -0.15) is 0 Å². The quantitative estimate of drug-likeness (QED) is 0.0595.